The first-order valence-electron chi connectivity index (χ1n) is 5.97. The first kappa shape index (κ1) is 13.7. The van der Waals surface area contributed by atoms with Crippen molar-refractivity contribution < 1.29 is 13.2 Å². The van der Waals surface area contributed by atoms with Crippen LogP contribution >= 0.6 is 11.3 Å². The van der Waals surface area contributed by atoms with Crippen molar-refractivity contribution in [3.8, 4) is 0 Å². The normalized spacial score (nSPS) is 12.6. The van der Waals surface area contributed by atoms with Crippen LogP contribution in [-0.2, 0) is 6.18 Å². The highest BCUT2D eigenvalue weighted by molar-refractivity contribution is 7.15. The molecule has 21 heavy (non-hydrogen) atoms. The van der Waals surface area contributed by atoms with Gasteiger partial charge in [-0.3, -0.25) is 0 Å². The van der Waals surface area contributed by atoms with Crippen molar-refractivity contribution in [2.75, 3.05) is 0 Å². The molecule has 1 N–H and O–H groups in total. The number of benzene rings is 1. The summed E-state index contributed by atoms with van der Waals surface area (Å²) < 4.78 is 37.3. The van der Waals surface area contributed by atoms with E-state index in [9.17, 15) is 13.2 Å². The zero-order chi connectivity index (χ0) is 15.0. The lowest BCUT2D eigenvalue weighted by Crippen LogP contribution is -2.03. The molecule has 0 atom stereocenters. The van der Waals surface area contributed by atoms with Crippen molar-refractivity contribution in [2.45, 2.75) is 13.1 Å². The average molecular weight is 310 g/mol. The fourth-order valence-corrected chi connectivity index (χ4v) is 2.52. The molecule has 3 rings (SSSR count). The van der Waals surface area contributed by atoms with Crippen LogP contribution in [0, 0.1) is 6.92 Å². The van der Waals surface area contributed by atoms with E-state index in [0.717, 1.165) is 22.2 Å². The number of alkyl halides is 3. The maximum absolute atomic E-state index is 12.4. The van der Waals surface area contributed by atoms with Gasteiger partial charge < -0.3 is 4.98 Å². The number of para-hydroxylation sites is 1. The Kier molecular flexibility index (Phi) is 3.25. The highest BCUT2D eigenvalue weighted by Crippen LogP contribution is 2.34. The van der Waals surface area contributed by atoms with Gasteiger partial charge in [0.25, 0.3) is 0 Å². The molecule has 0 spiro atoms. The number of aromatic amines is 1. The number of halogens is 3. The number of H-pyrrole nitrogens is 1. The van der Waals surface area contributed by atoms with E-state index in [1.165, 1.54) is 6.21 Å². The van der Waals surface area contributed by atoms with Gasteiger partial charge in [0.2, 0.25) is 10.1 Å². The second kappa shape index (κ2) is 4.96. The molecule has 0 amide bonds. The summed E-state index contributed by atoms with van der Waals surface area (Å²) in [6.07, 6.45) is -2.98. The Morgan fingerprint density at radius 1 is 1.24 bits per heavy atom. The first-order valence-corrected chi connectivity index (χ1v) is 6.79. The molecular formula is C13H9F3N4S. The standard InChI is InChI=1S/C13H9F3N4S/c1-7-9(8-4-2-3-5-10(8)18-7)6-17-12-20-19-11(21-12)13(14,15)16/h2-6,18H,1H3/b17-6+. The summed E-state index contributed by atoms with van der Waals surface area (Å²) in [4.78, 5) is 7.18. The van der Waals surface area contributed by atoms with Gasteiger partial charge in [0.1, 0.15) is 0 Å². The summed E-state index contributed by atoms with van der Waals surface area (Å²) >= 11 is 0.418. The average Bonchev–Trinajstić information content (AvgIpc) is 3.00. The quantitative estimate of drug-likeness (QED) is 0.725. The summed E-state index contributed by atoms with van der Waals surface area (Å²) in [7, 11) is 0. The van der Waals surface area contributed by atoms with Crippen LogP contribution in [0.1, 0.15) is 16.3 Å². The molecule has 2 heterocycles. The van der Waals surface area contributed by atoms with Crippen LogP contribution in [0.15, 0.2) is 29.3 Å². The van der Waals surface area contributed by atoms with E-state index in [1.807, 2.05) is 31.2 Å². The fourth-order valence-electron chi connectivity index (χ4n) is 1.97. The number of aliphatic imine (C=N–C) groups is 1. The largest absolute Gasteiger partial charge is 0.445 e. The molecule has 0 bridgehead atoms. The van der Waals surface area contributed by atoms with Crippen molar-refractivity contribution in [2.24, 2.45) is 4.99 Å². The molecule has 0 saturated carbocycles. The summed E-state index contributed by atoms with van der Waals surface area (Å²) in [5.74, 6) is 0. The maximum atomic E-state index is 12.4. The molecule has 1 aromatic carbocycles. The molecule has 2 aromatic heterocycles. The highest BCUT2D eigenvalue weighted by atomic mass is 32.1. The molecule has 108 valence electrons. The molecule has 0 radical (unpaired) electrons. The fraction of sp³-hybridized carbons (Fsp3) is 0.154. The summed E-state index contributed by atoms with van der Waals surface area (Å²) in [5, 5.41) is 6.47. The molecule has 3 aromatic rings. The van der Waals surface area contributed by atoms with E-state index in [2.05, 4.69) is 20.2 Å². The van der Waals surface area contributed by atoms with Gasteiger partial charge >= 0.3 is 6.18 Å². The van der Waals surface area contributed by atoms with Crippen molar-refractivity contribution in [3.63, 3.8) is 0 Å². The van der Waals surface area contributed by atoms with Crippen LogP contribution in [0.25, 0.3) is 10.9 Å². The van der Waals surface area contributed by atoms with E-state index >= 15 is 0 Å². The number of hydrogen-bond acceptors (Lipinski definition) is 4. The van der Waals surface area contributed by atoms with E-state index in [1.54, 1.807) is 0 Å². The van der Waals surface area contributed by atoms with Gasteiger partial charge in [-0.1, -0.05) is 29.5 Å². The van der Waals surface area contributed by atoms with Crippen LogP contribution in [-0.4, -0.2) is 21.4 Å². The third-order valence-corrected chi connectivity index (χ3v) is 3.78. The van der Waals surface area contributed by atoms with Gasteiger partial charge in [-0.15, -0.1) is 10.2 Å². The third-order valence-electron chi connectivity index (χ3n) is 2.90. The Morgan fingerprint density at radius 2 is 2.00 bits per heavy atom. The molecule has 0 aliphatic carbocycles. The zero-order valence-electron chi connectivity index (χ0n) is 10.8. The Balaban J connectivity index is 1.95. The van der Waals surface area contributed by atoms with Gasteiger partial charge in [0.15, 0.2) is 0 Å². The monoisotopic (exact) mass is 310 g/mol. The molecule has 8 heteroatoms. The Morgan fingerprint density at radius 3 is 2.71 bits per heavy atom. The highest BCUT2D eigenvalue weighted by Gasteiger charge is 2.35. The van der Waals surface area contributed by atoms with Gasteiger partial charge in [-0.2, -0.15) is 13.2 Å². The van der Waals surface area contributed by atoms with Crippen LogP contribution < -0.4 is 0 Å². The van der Waals surface area contributed by atoms with Crippen molar-refractivity contribution in [1.29, 1.82) is 0 Å². The lowest BCUT2D eigenvalue weighted by molar-refractivity contribution is -0.138. The second-order valence-electron chi connectivity index (χ2n) is 4.36. The number of fused-ring (bicyclic) bond motifs is 1. The van der Waals surface area contributed by atoms with Crippen LogP contribution in [0.5, 0.6) is 0 Å². The minimum absolute atomic E-state index is 0.0213. The topological polar surface area (TPSA) is 53.9 Å². The SMILES string of the molecule is Cc1[nH]c2ccccc2c1/C=N/c1nnc(C(F)(F)F)s1. The maximum Gasteiger partial charge on any atom is 0.445 e. The van der Waals surface area contributed by atoms with Gasteiger partial charge in [0, 0.05) is 28.4 Å². The van der Waals surface area contributed by atoms with Crippen molar-refractivity contribution in [1.82, 2.24) is 15.2 Å². The minimum atomic E-state index is -4.48. The Labute approximate surface area is 121 Å². The number of aryl methyl sites for hydroxylation is 1. The molecular weight excluding hydrogens is 301 g/mol. The minimum Gasteiger partial charge on any atom is -0.358 e. The molecule has 0 fully saturated rings. The molecule has 0 saturated heterocycles. The molecule has 0 aliphatic rings. The smallest absolute Gasteiger partial charge is 0.358 e. The summed E-state index contributed by atoms with van der Waals surface area (Å²) in [6, 6.07) is 7.63. The number of nitrogens with zero attached hydrogens (tertiary/aromatic N) is 3. The van der Waals surface area contributed by atoms with Crippen LogP contribution in [0.3, 0.4) is 0 Å². The molecule has 0 aliphatic heterocycles. The third kappa shape index (κ3) is 2.66. The number of hydrogen-bond donors (Lipinski definition) is 1. The summed E-state index contributed by atoms with van der Waals surface area (Å²) in [5.41, 5.74) is 2.67. The Bertz CT molecular complexity index is 816. The van der Waals surface area contributed by atoms with E-state index < -0.39 is 11.2 Å². The molecule has 4 nitrogen and oxygen atoms in total. The lowest BCUT2D eigenvalue weighted by Gasteiger charge is -1.96. The van der Waals surface area contributed by atoms with Crippen LogP contribution in [0.2, 0.25) is 0 Å². The van der Waals surface area contributed by atoms with Gasteiger partial charge in [0.05, 0.1) is 0 Å². The molecule has 0 unspecified atom stereocenters. The second-order valence-corrected chi connectivity index (χ2v) is 5.31. The van der Waals surface area contributed by atoms with Crippen molar-refractivity contribution >= 4 is 33.6 Å². The van der Waals surface area contributed by atoms with Crippen LogP contribution in [0.4, 0.5) is 18.3 Å². The van der Waals surface area contributed by atoms with Gasteiger partial charge in [-0.05, 0) is 13.0 Å². The Hall–Kier alpha value is -2.22. The number of aromatic nitrogens is 3. The van der Waals surface area contributed by atoms with E-state index in [0.29, 0.717) is 11.3 Å². The van der Waals surface area contributed by atoms with Gasteiger partial charge in [-0.25, -0.2) is 4.99 Å². The predicted molar refractivity (Wildman–Crippen MR) is 75.2 cm³/mol. The predicted octanol–water partition coefficient (Wildman–Crippen LogP) is 4.10. The number of nitrogens with one attached hydrogen (secondary N) is 1. The number of rotatable bonds is 2. The first-order chi connectivity index (χ1) is 9.95. The zero-order valence-corrected chi connectivity index (χ0v) is 11.6. The summed E-state index contributed by atoms with van der Waals surface area (Å²) in [6.45, 7) is 1.88. The van der Waals surface area contributed by atoms with E-state index in [4.69, 9.17) is 0 Å². The van der Waals surface area contributed by atoms with Crippen molar-refractivity contribution in [3.05, 3.63) is 40.5 Å². The lowest BCUT2D eigenvalue weighted by atomic mass is 10.1. The van der Waals surface area contributed by atoms with E-state index in [-0.39, 0.29) is 5.13 Å².